The molecule has 0 saturated heterocycles. The fourth-order valence-electron chi connectivity index (χ4n) is 3.61. The maximum Gasteiger partial charge on any atom is 0.335 e. The molecular formula is C24H13Cl3N4O3. The number of carbonyl (C=O) groups is 1. The Labute approximate surface area is 207 Å². The summed E-state index contributed by atoms with van der Waals surface area (Å²) in [5.74, 6) is -0.758. The second-order valence-electron chi connectivity index (χ2n) is 7.32. The first-order valence-electron chi connectivity index (χ1n) is 9.88. The molecule has 0 bridgehead atoms. The van der Waals surface area contributed by atoms with Crippen LogP contribution >= 0.6 is 34.8 Å². The van der Waals surface area contributed by atoms with Crippen molar-refractivity contribution in [1.82, 2.24) is 19.1 Å². The van der Waals surface area contributed by atoms with Gasteiger partial charge in [0.2, 0.25) is 0 Å². The highest BCUT2D eigenvalue weighted by molar-refractivity contribution is 6.36. The molecule has 0 radical (unpaired) electrons. The van der Waals surface area contributed by atoms with Crippen molar-refractivity contribution >= 4 is 51.9 Å². The molecule has 2 heterocycles. The topological polar surface area (TPSA) is 90.0 Å². The first kappa shape index (κ1) is 22.2. The van der Waals surface area contributed by atoms with Crippen LogP contribution in [0.4, 0.5) is 0 Å². The summed E-state index contributed by atoms with van der Waals surface area (Å²) < 4.78 is 2.99. The zero-order valence-electron chi connectivity index (χ0n) is 17.1. The molecule has 0 amide bonds. The van der Waals surface area contributed by atoms with Gasteiger partial charge in [0.25, 0.3) is 5.56 Å². The Balaban J connectivity index is 1.81. The standard InChI is InChI=1S/C24H13Cl3N4O3/c25-14-3-8-17(9-4-14)31-22(18-10-5-15(26)11-19(18)27)29-21-20(23(31)32)30(12-28-21)16-6-1-13(2-7-16)24(33)34/h1-12H,(H,33,34). The molecule has 0 saturated carbocycles. The van der Waals surface area contributed by atoms with Crippen LogP contribution in [0, 0.1) is 0 Å². The van der Waals surface area contributed by atoms with Crippen LogP contribution in [-0.4, -0.2) is 30.2 Å². The number of halogens is 3. The number of imidazole rings is 1. The van der Waals surface area contributed by atoms with Crippen LogP contribution < -0.4 is 5.56 Å². The maximum absolute atomic E-state index is 13.9. The van der Waals surface area contributed by atoms with Gasteiger partial charge in [-0.3, -0.25) is 13.9 Å². The number of fused-ring (bicyclic) bond motifs is 1. The Morgan fingerprint density at radius 2 is 1.50 bits per heavy atom. The quantitative estimate of drug-likeness (QED) is 0.325. The first-order chi connectivity index (χ1) is 16.3. The van der Waals surface area contributed by atoms with Crippen molar-refractivity contribution in [3.8, 4) is 22.8 Å². The van der Waals surface area contributed by atoms with E-state index in [1.807, 2.05) is 0 Å². The van der Waals surface area contributed by atoms with E-state index in [-0.39, 0.29) is 22.6 Å². The van der Waals surface area contributed by atoms with Crippen molar-refractivity contribution in [2.75, 3.05) is 0 Å². The smallest absolute Gasteiger partial charge is 0.335 e. The molecule has 10 heteroatoms. The van der Waals surface area contributed by atoms with Gasteiger partial charge in [0.1, 0.15) is 6.33 Å². The van der Waals surface area contributed by atoms with Gasteiger partial charge in [-0.1, -0.05) is 34.8 Å². The van der Waals surface area contributed by atoms with Crippen molar-refractivity contribution in [2.45, 2.75) is 0 Å². The Kier molecular flexibility index (Phi) is 5.61. The molecule has 1 N–H and O–H groups in total. The summed E-state index contributed by atoms with van der Waals surface area (Å²) in [6.07, 6.45) is 1.47. The molecular weight excluding hydrogens is 499 g/mol. The molecule has 5 aromatic rings. The van der Waals surface area contributed by atoms with E-state index >= 15 is 0 Å². The first-order valence-corrected chi connectivity index (χ1v) is 11.0. The maximum atomic E-state index is 13.9. The number of nitrogens with zero attached hydrogens (tertiary/aromatic N) is 4. The summed E-state index contributed by atoms with van der Waals surface area (Å²) in [7, 11) is 0. The number of rotatable bonds is 4. The fraction of sp³-hybridized carbons (Fsp3) is 0. The second kappa shape index (κ2) is 8.61. The second-order valence-corrected chi connectivity index (χ2v) is 8.60. The van der Waals surface area contributed by atoms with Crippen LogP contribution in [0.1, 0.15) is 10.4 Å². The third-order valence-corrected chi connectivity index (χ3v) is 6.03. The van der Waals surface area contributed by atoms with E-state index in [0.29, 0.717) is 32.0 Å². The third-order valence-electron chi connectivity index (χ3n) is 5.23. The van der Waals surface area contributed by atoms with Crippen molar-refractivity contribution in [2.24, 2.45) is 0 Å². The van der Waals surface area contributed by atoms with Crippen LogP contribution in [0.5, 0.6) is 0 Å². The summed E-state index contributed by atoms with van der Waals surface area (Å²) in [5, 5.41) is 10.5. The third kappa shape index (κ3) is 3.84. The van der Waals surface area contributed by atoms with E-state index in [2.05, 4.69) is 9.97 Å². The number of aromatic nitrogens is 4. The molecule has 0 unspecified atom stereocenters. The minimum atomic E-state index is -1.04. The average molecular weight is 512 g/mol. The van der Waals surface area contributed by atoms with Gasteiger partial charge < -0.3 is 5.11 Å². The van der Waals surface area contributed by atoms with Gasteiger partial charge in [-0.05, 0) is 66.7 Å². The summed E-state index contributed by atoms with van der Waals surface area (Å²) in [4.78, 5) is 34.1. The molecule has 7 nitrogen and oxygen atoms in total. The van der Waals surface area contributed by atoms with E-state index in [4.69, 9.17) is 34.8 Å². The lowest BCUT2D eigenvalue weighted by molar-refractivity contribution is 0.0697. The number of benzene rings is 3. The fourth-order valence-corrected chi connectivity index (χ4v) is 4.23. The van der Waals surface area contributed by atoms with Gasteiger partial charge >= 0.3 is 5.97 Å². The lowest BCUT2D eigenvalue weighted by atomic mass is 10.2. The largest absolute Gasteiger partial charge is 0.478 e. The lowest BCUT2D eigenvalue weighted by Gasteiger charge is -2.14. The normalized spacial score (nSPS) is 11.1. The van der Waals surface area contributed by atoms with E-state index in [0.717, 1.165) is 0 Å². The summed E-state index contributed by atoms with van der Waals surface area (Å²) in [5.41, 5.74) is 1.74. The molecule has 0 aliphatic carbocycles. The molecule has 0 aliphatic rings. The monoisotopic (exact) mass is 510 g/mol. The van der Waals surface area contributed by atoms with Crippen LogP contribution in [0.3, 0.4) is 0 Å². The van der Waals surface area contributed by atoms with Crippen LogP contribution in [0.25, 0.3) is 33.9 Å². The minimum absolute atomic E-state index is 0.129. The Bertz CT molecular complexity index is 1630. The van der Waals surface area contributed by atoms with Gasteiger partial charge in [0, 0.05) is 21.3 Å². The van der Waals surface area contributed by atoms with Crippen LogP contribution in [0.2, 0.25) is 15.1 Å². The molecule has 2 aromatic heterocycles. The Hall–Kier alpha value is -3.65. The van der Waals surface area contributed by atoms with Gasteiger partial charge in [-0.2, -0.15) is 0 Å². The van der Waals surface area contributed by atoms with Crippen molar-refractivity contribution in [1.29, 1.82) is 0 Å². The summed E-state index contributed by atoms with van der Waals surface area (Å²) in [6, 6.07) is 17.8. The minimum Gasteiger partial charge on any atom is -0.478 e. The number of carboxylic acids is 1. The van der Waals surface area contributed by atoms with Crippen LogP contribution in [-0.2, 0) is 0 Å². The summed E-state index contributed by atoms with van der Waals surface area (Å²) in [6.45, 7) is 0. The number of carboxylic acid groups (broad SMARTS) is 1. The number of hydrogen-bond donors (Lipinski definition) is 1. The molecule has 0 aliphatic heterocycles. The highest BCUT2D eigenvalue weighted by Gasteiger charge is 2.21. The predicted molar refractivity (Wildman–Crippen MR) is 132 cm³/mol. The lowest BCUT2D eigenvalue weighted by Crippen LogP contribution is -2.23. The van der Waals surface area contributed by atoms with Gasteiger partial charge in [0.15, 0.2) is 17.0 Å². The highest BCUT2D eigenvalue weighted by Crippen LogP contribution is 2.31. The predicted octanol–water partition coefficient (Wildman–Crippen LogP) is 5.90. The number of hydrogen-bond acceptors (Lipinski definition) is 4. The molecule has 3 aromatic carbocycles. The molecule has 5 rings (SSSR count). The zero-order chi connectivity index (χ0) is 24.0. The Morgan fingerprint density at radius 3 is 2.15 bits per heavy atom. The van der Waals surface area contributed by atoms with Gasteiger partial charge in [-0.25, -0.2) is 14.8 Å². The average Bonchev–Trinajstić information content (AvgIpc) is 3.24. The van der Waals surface area contributed by atoms with Crippen molar-refractivity contribution in [3.05, 3.63) is 104 Å². The van der Waals surface area contributed by atoms with Crippen molar-refractivity contribution < 1.29 is 9.90 Å². The zero-order valence-corrected chi connectivity index (χ0v) is 19.4. The van der Waals surface area contributed by atoms with E-state index in [1.54, 1.807) is 59.2 Å². The van der Waals surface area contributed by atoms with Gasteiger partial charge in [0.05, 0.1) is 16.3 Å². The van der Waals surface area contributed by atoms with E-state index < -0.39 is 11.5 Å². The SMILES string of the molecule is O=C(O)c1ccc(-n2cnc3nc(-c4ccc(Cl)cc4Cl)n(-c4ccc(Cl)cc4)c(=O)c32)cc1. The van der Waals surface area contributed by atoms with Crippen LogP contribution in [0.15, 0.2) is 77.9 Å². The van der Waals surface area contributed by atoms with E-state index in [1.165, 1.54) is 23.0 Å². The van der Waals surface area contributed by atoms with Gasteiger partial charge in [-0.15, -0.1) is 0 Å². The molecule has 0 fully saturated rings. The van der Waals surface area contributed by atoms with E-state index in [9.17, 15) is 14.7 Å². The highest BCUT2D eigenvalue weighted by atomic mass is 35.5. The molecule has 0 atom stereocenters. The van der Waals surface area contributed by atoms with Crippen molar-refractivity contribution in [3.63, 3.8) is 0 Å². The number of aromatic carboxylic acids is 1. The Morgan fingerprint density at radius 1 is 0.853 bits per heavy atom. The molecule has 168 valence electrons. The molecule has 34 heavy (non-hydrogen) atoms. The summed E-state index contributed by atoms with van der Waals surface area (Å²) >= 11 is 18.6. The molecule has 0 spiro atoms.